The molecule has 8 aromatic rings. The van der Waals surface area contributed by atoms with E-state index in [1.165, 1.54) is 49.0 Å². The highest BCUT2D eigenvalue weighted by Crippen LogP contribution is 2.44. The molecule has 0 radical (unpaired) electrons. The van der Waals surface area contributed by atoms with Crippen LogP contribution >= 0.6 is 0 Å². The predicted molar refractivity (Wildman–Crippen MR) is 165 cm³/mol. The average molecular weight is 510 g/mol. The van der Waals surface area contributed by atoms with E-state index >= 15 is 0 Å². The molecule has 0 spiro atoms. The molecule has 0 atom stereocenters. The predicted octanol–water partition coefficient (Wildman–Crippen LogP) is 9.44. The Kier molecular flexibility index (Phi) is 5.14. The third-order valence-corrected chi connectivity index (χ3v) is 7.72. The summed E-state index contributed by atoms with van der Waals surface area (Å²) < 4.78 is 0. The lowest BCUT2D eigenvalue weighted by molar-refractivity contribution is 1.22. The summed E-state index contributed by atoms with van der Waals surface area (Å²) >= 11 is 0. The molecule has 0 aliphatic heterocycles. The van der Waals surface area contributed by atoms with Crippen molar-refractivity contribution in [2.45, 2.75) is 0 Å². The molecule has 3 heterocycles. The van der Waals surface area contributed by atoms with Crippen molar-refractivity contribution >= 4 is 32.3 Å². The molecule has 0 aliphatic rings. The van der Waals surface area contributed by atoms with Crippen LogP contribution in [0.1, 0.15) is 0 Å². The third kappa shape index (κ3) is 3.63. The molecular formula is C37H23N3. The summed E-state index contributed by atoms with van der Waals surface area (Å²) in [4.78, 5) is 14.3. The van der Waals surface area contributed by atoms with E-state index in [2.05, 4.69) is 101 Å². The van der Waals surface area contributed by atoms with Crippen molar-refractivity contribution < 1.29 is 0 Å². The molecule has 0 N–H and O–H groups in total. The number of hydrogen-bond acceptors (Lipinski definition) is 3. The normalized spacial score (nSPS) is 11.5. The maximum absolute atomic E-state index is 5.02. The number of nitrogens with zero attached hydrogens (tertiary/aromatic N) is 3. The Bertz CT molecular complexity index is 2060. The van der Waals surface area contributed by atoms with Gasteiger partial charge in [0, 0.05) is 12.4 Å². The maximum atomic E-state index is 5.02. The number of pyridine rings is 3. The van der Waals surface area contributed by atoms with Crippen molar-refractivity contribution in [1.82, 2.24) is 15.0 Å². The standard InChI is InChI=1S/C37H23N3/c1-2-9-24(10-3-1)30-23-31(29-18-16-26-12-8-11-25-15-17-28(30)37(29)36(25)26)27-21-34(32-13-4-6-19-38-32)40-35(22-27)33-14-5-7-20-39-33/h1-23H. The highest BCUT2D eigenvalue weighted by Gasteiger charge is 2.18. The van der Waals surface area contributed by atoms with Gasteiger partial charge in [0.25, 0.3) is 0 Å². The van der Waals surface area contributed by atoms with Crippen molar-refractivity contribution in [3.05, 3.63) is 140 Å². The SMILES string of the molecule is c1ccc(-c2cc(-c3cc(-c4ccccn4)nc(-c4ccccn4)c3)c3ccc4cccc5ccc2c3c54)cc1. The van der Waals surface area contributed by atoms with E-state index in [1.54, 1.807) is 0 Å². The Balaban J connectivity index is 1.50. The van der Waals surface area contributed by atoms with Gasteiger partial charge in [-0.15, -0.1) is 0 Å². The summed E-state index contributed by atoms with van der Waals surface area (Å²) in [6.07, 6.45) is 3.63. The second-order valence-corrected chi connectivity index (χ2v) is 10.1. The Hall–Kier alpha value is -5.41. The minimum absolute atomic E-state index is 0.825. The first kappa shape index (κ1) is 22.6. The topological polar surface area (TPSA) is 38.7 Å². The average Bonchev–Trinajstić information content (AvgIpc) is 3.04. The monoisotopic (exact) mass is 509 g/mol. The first-order chi connectivity index (χ1) is 19.8. The zero-order valence-corrected chi connectivity index (χ0v) is 21.6. The van der Waals surface area contributed by atoms with E-state index in [0.717, 1.165) is 28.3 Å². The Labute approximate surface area is 231 Å². The molecule has 186 valence electrons. The van der Waals surface area contributed by atoms with Gasteiger partial charge < -0.3 is 0 Å². The molecule has 8 rings (SSSR count). The van der Waals surface area contributed by atoms with Crippen LogP contribution < -0.4 is 0 Å². The fourth-order valence-electron chi connectivity index (χ4n) is 5.90. The number of rotatable bonds is 4. The van der Waals surface area contributed by atoms with Gasteiger partial charge >= 0.3 is 0 Å². The number of aromatic nitrogens is 3. The fraction of sp³-hybridized carbons (Fsp3) is 0. The van der Waals surface area contributed by atoms with E-state index in [1.807, 2.05) is 48.8 Å². The summed E-state index contributed by atoms with van der Waals surface area (Å²) in [5, 5.41) is 7.60. The van der Waals surface area contributed by atoms with Crippen molar-refractivity contribution in [3.8, 4) is 45.0 Å². The van der Waals surface area contributed by atoms with E-state index in [0.29, 0.717) is 0 Å². The van der Waals surface area contributed by atoms with Crippen LogP contribution in [0.3, 0.4) is 0 Å². The molecule has 0 amide bonds. The molecule has 0 saturated heterocycles. The van der Waals surface area contributed by atoms with Crippen LogP contribution in [0.25, 0.3) is 77.3 Å². The fourth-order valence-corrected chi connectivity index (χ4v) is 5.90. The van der Waals surface area contributed by atoms with Crippen LogP contribution in [0, 0.1) is 0 Å². The quantitative estimate of drug-likeness (QED) is 0.222. The molecule has 0 bridgehead atoms. The largest absolute Gasteiger partial charge is 0.255 e. The summed E-state index contributed by atoms with van der Waals surface area (Å²) in [7, 11) is 0. The van der Waals surface area contributed by atoms with Crippen LogP contribution in [0.5, 0.6) is 0 Å². The summed E-state index contributed by atoms with van der Waals surface area (Å²) in [5.74, 6) is 0. The van der Waals surface area contributed by atoms with Gasteiger partial charge in [0.15, 0.2) is 0 Å². The van der Waals surface area contributed by atoms with Crippen LogP contribution in [-0.2, 0) is 0 Å². The van der Waals surface area contributed by atoms with E-state index in [4.69, 9.17) is 4.98 Å². The summed E-state index contributed by atoms with van der Waals surface area (Å²) in [6, 6.07) is 44.8. The maximum Gasteiger partial charge on any atom is 0.0900 e. The molecule has 3 heteroatoms. The van der Waals surface area contributed by atoms with Crippen molar-refractivity contribution in [3.63, 3.8) is 0 Å². The lowest BCUT2D eigenvalue weighted by atomic mass is 9.85. The van der Waals surface area contributed by atoms with Crippen LogP contribution in [-0.4, -0.2) is 15.0 Å². The second kappa shape index (κ2) is 9.11. The van der Waals surface area contributed by atoms with Gasteiger partial charge in [-0.2, -0.15) is 0 Å². The summed E-state index contributed by atoms with van der Waals surface area (Å²) in [5.41, 5.74) is 8.00. The van der Waals surface area contributed by atoms with Gasteiger partial charge in [-0.3, -0.25) is 9.97 Å². The van der Waals surface area contributed by atoms with Gasteiger partial charge in [-0.1, -0.05) is 84.9 Å². The lowest BCUT2D eigenvalue weighted by Gasteiger charge is -2.19. The number of hydrogen-bond donors (Lipinski definition) is 0. The molecule has 3 nitrogen and oxygen atoms in total. The van der Waals surface area contributed by atoms with E-state index in [9.17, 15) is 0 Å². The zero-order chi connectivity index (χ0) is 26.5. The van der Waals surface area contributed by atoms with E-state index in [-0.39, 0.29) is 0 Å². The minimum Gasteiger partial charge on any atom is -0.255 e. The van der Waals surface area contributed by atoms with Gasteiger partial charge in [0.05, 0.1) is 22.8 Å². The summed E-state index contributed by atoms with van der Waals surface area (Å²) in [6.45, 7) is 0. The molecule has 5 aromatic carbocycles. The zero-order valence-electron chi connectivity index (χ0n) is 21.6. The molecule has 3 aromatic heterocycles. The van der Waals surface area contributed by atoms with Gasteiger partial charge in [0.1, 0.15) is 0 Å². The van der Waals surface area contributed by atoms with Crippen molar-refractivity contribution in [2.24, 2.45) is 0 Å². The van der Waals surface area contributed by atoms with Crippen LogP contribution in [0.15, 0.2) is 140 Å². The van der Waals surface area contributed by atoms with Crippen LogP contribution in [0.2, 0.25) is 0 Å². The molecular weight excluding hydrogens is 486 g/mol. The number of benzene rings is 5. The Morgan fingerprint density at radius 2 is 0.950 bits per heavy atom. The molecule has 0 unspecified atom stereocenters. The Morgan fingerprint density at radius 1 is 0.375 bits per heavy atom. The molecule has 0 aliphatic carbocycles. The van der Waals surface area contributed by atoms with Gasteiger partial charge in [-0.05, 0) is 97.0 Å². The van der Waals surface area contributed by atoms with Crippen LogP contribution in [0.4, 0.5) is 0 Å². The highest BCUT2D eigenvalue weighted by molar-refractivity contribution is 6.28. The lowest BCUT2D eigenvalue weighted by Crippen LogP contribution is -1.95. The molecule has 0 fully saturated rings. The molecule has 0 saturated carbocycles. The minimum atomic E-state index is 0.825. The van der Waals surface area contributed by atoms with E-state index < -0.39 is 0 Å². The van der Waals surface area contributed by atoms with Crippen molar-refractivity contribution in [2.75, 3.05) is 0 Å². The first-order valence-corrected chi connectivity index (χ1v) is 13.4. The highest BCUT2D eigenvalue weighted by atomic mass is 14.8. The molecule has 40 heavy (non-hydrogen) atoms. The third-order valence-electron chi connectivity index (χ3n) is 7.72. The Morgan fingerprint density at radius 3 is 1.52 bits per heavy atom. The second-order valence-electron chi connectivity index (χ2n) is 10.1. The van der Waals surface area contributed by atoms with Gasteiger partial charge in [-0.25, -0.2) is 4.98 Å². The van der Waals surface area contributed by atoms with Crippen molar-refractivity contribution in [1.29, 1.82) is 0 Å². The first-order valence-electron chi connectivity index (χ1n) is 13.4. The van der Waals surface area contributed by atoms with Gasteiger partial charge in [0.2, 0.25) is 0 Å². The smallest absolute Gasteiger partial charge is 0.0900 e.